The van der Waals surface area contributed by atoms with Crippen LogP contribution >= 0.6 is 0 Å². The van der Waals surface area contributed by atoms with Gasteiger partial charge in [0.05, 0.1) is 12.1 Å². The van der Waals surface area contributed by atoms with Gasteiger partial charge in [-0.15, -0.1) is 5.10 Å². The molecule has 23 heavy (non-hydrogen) atoms. The van der Waals surface area contributed by atoms with Crippen LogP contribution in [0, 0.1) is 0 Å². The van der Waals surface area contributed by atoms with Crippen LogP contribution in [0.25, 0.3) is 0 Å². The van der Waals surface area contributed by atoms with Gasteiger partial charge in [0.15, 0.2) is 0 Å². The fourth-order valence-corrected chi connectivity index (χ4v) is 1.95. The van der Waals surface area contributed by atoms with Crippen LogP contribution in [-0.4, -0.2) is 14.8 Å². The van der Waals surface area contributed by atoms with E-state index in [-0.39, 0.29) is 5.54 Å². The molecular weight excluding hydrogens is 292 g/mol. The summed E-state index contributed by atoms with van der Waals surface area (Å²) in [5.74, 6) is 2.53. The second kappa shape index (κ2) is 6.16. The average Bonchev–Trinajstić information content (AvgIpc) is 3.15. The molecule has 1 N–H and O–H groups in total. The van der Waals surface area contributed by atoms with Crippen molar-refractivity contribution in [2.75, 3.05) is 5.32 Å². The van der Waals surface area contributed by atoms with Crippen molar-refractivity contribution in [3.8, 4) is 11.7 Å². The van der Waals surface area contributed by atoms with Crippen LogP contribution in [0.15, 0.2) is 53.2 Å². The van der Waals surface area contributed by atoms with Crippen LogP contribution in [0.2, 0.25) is 0 Å². The van der Waals surface area contributed by atoms with Crippen molar-refractivity contribution in [1.29, 1.82) is 0 Å². The number of furan rings is 1. The van der Waals surface area contributed by atoms with Gasteiger partial charge in [0.1, 0.15) is 17.8 Å². The lowest BCUT2D eigenvalue weighted by Crippen LogP contribution is -2.22. The maximum absolute atomic E-state index is 5.64. The first-order chi connectivity index (χ1) is 11.0. The van der Waals surface area contributed by atoms with E-state index >= 15 is 0 Å². The lowest BCUT2D eigenvalue weighted by atomic mass is 10.1. The number of para-hydroxylation sites is 1. The molecule has 120 valence electrons. The highest BCUT2D eigenvalue weighted by Crippen LogP contribution is 2.23. The number of rotatable bonds is 5. The van der Waals surface area contributed by atoms with Crippen molar-refractivity contribution in [3.63, 3.8) is 0 Å². The molecule has 0 saturated heterocycles. The monoisotopic (exact) mass is 312 g/mol. The first-order valence-electron chi connectivity index (χ1n) is 7.48. The predicted octanol–water partition coefficient (Wildman–Crippen LogP) is 4.03. The van der Waals surface area contributed by atoms with E-state index in [0.29, 0.717) is 18.4 Å². The number of ether oxygens (including phenoxy) is 1. The molecule has 0 aliphatic rings. The fraction of sp³-hybridized carbons (Fsp3) is 0.294. The smallest absolute Gasteiger partial charge is 0.290 e. The zero-order chi connectivity index (χ0) is 16.3. The Kier molecular flexibility index (Phi) is 4.06. The Morgan fingerprint density at radius 3 is 2.61 bits per heavy atom. The zero-order valence-electron chi connectivity index (χ0n) is 13.5. The first-order valence-corrected chi connectivity index (χ1v) is 7.48. The summed E-state index contributed by atoms with van der Waals surface area (Å²) in [6, 6.07) is 13.2. The van der Waals surface area contributed by atoms with Crippen molar-refractivity contribution in [1.82, 2.24) is 14.8 Å². The average molecular weight is 312 g/mol. The molecule has 6 heteroatoms. The van der Waals surface area contributed by atoms with Gasteiger partial charge < -0.3 is 14.5 Å². The third-order valence-corrected chi connectivity index (χ3v) is 3.20. The summed E-state index contributed by atoms with van der Waals surface area (Å²) in [5.41, 5.74) is -0.0890. The Morgan fingerprint density at radius 2 is 1.91 bits per heavy atom. The van der Waals surface area contributed by atoms with E-state index < -0.39 is 0 Å². The quantitative estimate of drug-likeness (QED) is 0.770. The lowest BCUT2D eigenvalue weighted by Gasteiger charge is -2.17. The highest BCUT2D eigenvalue weighted by Gasteiger charge is 2.15. The maximum Gasteiger partial charge on any atom is 0.290 e. The second-order valence-electron chi connectivity index (χ2n) is 6.17. The number of nitrogens with zero attached hydrogens (tertiary/aromatic N) is 3. The molecule has 3 aromatic rings. The number of benzene rings is 1. The Bertz CT molecular complexity index is 756. The molecule has 0 radical (unpaired) electrons. The molecule has 0 atom stereocenters. The fourth-order valence-electron chi connectivity index (χ4n) is 1.95. The summed E-state index contributed by atoms with van der Waals surface area (Å²) in [7, 11) is 0. The molecule has 2 heterocycles. The third kappa shape index (κ3) is 3.91. The largest absolute Gasteiger partial charge is 0.429 e. The summed E-state index contributed by atoms with van der Waals surface area (Å²) in [6.07, 6.45) is 1.72. The number of hydrogen-bond acceptors (Lipinski definition) is 5. The summed E-state index contributed by atoms with van der Waals surface area (Å²) in [6.45, 7) is 6.72. The molecule has 0 unspecified atom stereocenters. The van der Waals surface area contributed by atoms with Gasteiger partial charge in [0.25, 0.3) is 5.95 Å². The number of aromatic nitrogens is 3. The normalized spacial score (nSPS) is 11.4. The van der Waals surface area contributed by atoms with Gasteiger partial charge in [-0.05, 0) is 39.0 Å². The first kappa shape index (κ1) is 15.1. The lowest BCUT2D eigenvalue weighted by molar-refractivity contribution is 0.334. The Balaban J connectivity index is 1.58. The van der Waals surface area contributed by atoms with Gasteiger partial charge in [0, 0.05) is 6.07 Å². The Labute approximate surface area is 135 Å². The molecule has 0 aliphatic carbocycles. The van der Waals surface area contributed by atoms with Gasteiger partial charge in [-0.3, -0.25) is 0 Å². The standard InChI is InChI=1S/C17H20N4O2/c1-17(2,3)21-12-19-16(20-21)18-11-14-9-10-15(23-14)22-13-7-5-4-6-8-13/h4-10,12H,11H2,1-3H3,(H,18,20). The van der Waals surface area contributed by atoms with Crippen molar-refractivity contribution >= 4 is 5.95 Å². The van der Waals surface area contributed by atoms with E-state index in [1.54, 1.807) is 12.4 Å². The van der Waals surface area contributed by atoms with Crippen molar-refractivity contribution < 1.29 is 9.15 Å². The minimum atomic E-state index is -0.0890. The van der Waals surface area contributed by atoms with Gasteiger partial charge in [-0.25, -0.2) is 9.67 Å². The van der Waals surface area contributed by atoms with Crippen LogP contribution in [0.4, 0.5) is 5.95 Å². The molecule has 0 fully saturated rings. The van der Waals surface area contributed by atoms with E-state index in [2.05, 4.69) is 36.2 Å². The van der Waals surface area contributed by atoms with Gasteiger partial charge in [0.2, 0.25) is 5.95 Å². The van der Waals surface area contributed by atoms with Crippen molar-refractivity contribution in [2.45, 2.75) is 32.9 Å². The van der Waals surface area contributed by atoms with Crippen LogP contribution in [0.1, 0.15) is 26.5 Å². The van der Waals surface area contributed by atoms with E-state index in [1.165, 1.54) is 0 Å². The van der Waals surface area contributed by atoms with E-state index in [1.807, 2.05) is 41.1 Å². The van der Waals surface area contributed by atoms with Crippen LogP contribution < -0.4 is 10.1 Å². The molecular formula is C17H20N4O2. The predicted molar refractivity (Wildman–Crippen MR) is 87.6 cm³/mol. The third-order valence-electron chi connectivity index (χ3n) is 3.20. The molecule has 0 spiro atoms. The molecule has 2 aromatic heterocycles. The van der Waals surface area contributed by atoms with Crippen molar-refractivity contribution in [2.24, 2.45) is 0 Å². The van der Waals surface area contributed by atoms with Crippen LogP contribution in [0.5, 0.6) is 11.7 Å². The van der Waals surface area contributed by atoms with E-state index in [9.17, 15) is 0 Å². The van der Waals surface area contributed by atoms with Gasteiger partial charge in [-0.2, -0.15) is 0 Å². The highest BCUT2D eigenvalue weighted by molar-refractivity contribution is 5.27. The van der Waals surface area contributed by atoms with Gasteiger partial charge in [-0.1, -0.05) is 18.2 Å². The minimum absolute atomic E-state index is 0.0890. The Morgan fingerprint density at radius 1 is 1.13 bits per heavy atom. The summed E-state index contributed by atoms with van der Waals surface area (Å²) in [4.78, 5) is 4.24. The maximum atomic E-state index is 5.64. The molecule has 1 aromatic carbocycles. The van der Waals surface area contributed by atoms with Crippen molar-refractivity contribution in [3.05, 3.63) is 54.6 Å². The second-order valence-corrected chi connectivity index (χ2v) is 6.17. The topological polar surface area (TPSA) is 65.1 Å². The highest BCUT2D eigenvalue weighted by atomic mass is 16.6. The zero-order valence-corrected chi connectivity index (χ0v) is 13.5. The van der Waals surface area contributed by atoms with Crippen LogP contribution in [0.3, 0.4) is 0 Å². The minimum Gasteiger partial charge on any atom is -0.429 e. The van der Waals surface area contributed by atoms with E-state index in [4.69, 9.17) is 9.15 Å². The van der Waals surface area contributed by atoms with Crippen LogP contribution in [-0.2, 0) is 12.1 Å². The summed E-state index contributed by atoms with van der Waals surface area (Å²) in [5, 5.41) is 7.53. The SMILES string of the molecule is CC(C)(C)n1cnc(NCc2ccc(Oc3ccccc3)o2)n1. The number of anilines is 1. The molecule has 0 aliphatic heterocycles. The molecule has 6 nitrogen and oxygen atoms in total. The molecule has 0 bridgehead atoms. The van der Waals surface area contributed by atoms with E-state index in [0.717, 1.165) is 11.5 Å². The summed E-state index contributed by atoms with van der Waals surface area (Å²) < 4.78 is 13.1. The number of hydrogen-bond donors (Lipinski definition) is 1. The summed E-state index contributed by atoms with van der Waals surface area (Å²) >= 11 is 0. The molecule has 3 rings (SSSR count). The molecule has 0 amide bonds. The Hall–Kier alpha value is -2.76. The van der Waals surface area contributed by atoms with Gasteiger partial charge >= 0.3 is 0 Å². The molecule has 0 saturated carbocycles. The number of nitrogens with one attached hydrogen (secondary N) is 1.